The molecule has 3 rings (SSSR count). The summed E-state index contributed by atoms with van der Waals surface area (Å²) in [5, 5.41) is 0. The molecule has 2 nitrogen and oxygen atoms in total. The normalized spacial score (nSPS) is 14.6. The lowest BCUT2D eigenvalue weighted by Gasteiger charge is -2.08. The van der Waals surface area contributed by atoms with Gasteiger partial charge in [0.05, 0.1) is 4.88 Å². The SMILES string of the molecule is O=C(c1ccc(Br)o1)c1cc2c(s1)CCSC2. The number of thioether (sulfide) groups is 1. The molecule has 0 atom stereocenters. The van der Waals surface area contributed by atoms with Crippen molar-refractivity contribution in [2.75, 3.05) is 5.75 Å². The predicted molar refractivity (Wildman–Crippen MR) is 74.0 cm³/mol. The molecule has 0 bridgehead atoms. The van der Waals surface area contributed by atoms with Crippen LogP contribution in [0.1, 0.15) is 25.9 Å². The van der Waals surface area contributed by atoms with Crippen LogP contribution in [0.3, 0.4) is 0 Å². The molecule has 0 amide bonds. The van der Waals surface area contributed by atoms with Crippen molar-refractivity contribution < 1.29 is 9.21 Å². The number of aryl methyl sites for hydroxylation is 1. The van der Waals surface area contributed by atoms with Crippen LogP contribution >= 0.6 is 39.0 Å². The lowest BCUT2D eigenvalue weighted by atomic mass is 10.2. The molecule has 0 aliphatic carbocycles. The number of hydrogen-bond acceptors (Lipinski definition) is 4. The molecule has 17 heavy (non-hydrogen) atoms. The number of halogens is 1. The molecule has 0 radical (unpaired) electrons. The van der Waals surface area contributed by atoms with E-state index in [1.165, 1.54) is 10.4 Å². The molecule has 2 aromatic heterocycles. The number of hydrogen-bond donors (Lipinski definition) is 0. The Morgan fingerprint density at radius 2 is 2.29 bits per heavy atom. The molecule has 2 aromatic rings. The molecule has 1 aliphatic rings. The maximum absolute atomic E-state index is 12.2. The fourth-order valence-electron chi connectivity index (χ4n) is 1.82. The minimum Gasteiger partial charge on any atom is -0.446 e. The third-order valence-corrected chi connectivity index (χ3v) is 5.32. The van der Waals surface area contributed by atoms with Crippen LogP contribution in [0.25, 0.3) is 0 Å². The molecule has 88 valence electrons. The molecule has 0 spiro atoms. The van der Waals surface area contributed by atoms with Crippen LogP contribution in [0.5, 0.6) is 0 Å². The molecule has 0 fully saturated rings. The highest BCUT2D eigenvalue weighted by Crippen LogP contribution is 2.33. The van der Waals surface area contributed by atoms with Crippen molar-refractivity contribution in [3.8, 4) is 0 Å². The average molecular weight is 329 g/mol. The number of rotatable bonds is 2. The summed E-state index contributed by atoms with van der Waals surface area (Å²) in [6, 6.07) is 5.47. The summed E-state index contributed by atoms with van der Waals surface area (Å²) >= 11 is 6.75. The van der Waals surface area contributed by atoms with E-state index in [-0.39, 0.29) is 5.78 Å². The van der Waals surface area contributed by atoms with Crippen molar-refractivity contribution in [1.29, 1.82) is 0 Å². The zero-order valence-electron chi connectivity index (χ0n) is 8.86. The Kier molecular flexibility index (Phi) is 3.15. The lowest BCUT2D eigenvalue weighted by Crippen LogP contribution is -1.96. The molecule has 0 N–H and O–H groups in total. The summed E-state index contributed by atoms with van der Waals surface area (Å²) in [6.07, 6.45) is 1.08. The second-order valence-electron chi connectivity index (χ2n) is 3.79. The highest BCUT2D eigenvalue weighted by molar-refractivity contribution is 9.10. The Labute approximate surface area is 116 Å². The van der Waals surface area contributed by atoms with Gasteiger partial charge in [-0.3, -0.25) is 4.79 Å². The Morgan fingerprint density at radius 1 is 1.41 bits per heavy atom. The molecule has 1 aliphatic heterocycles. The summed E-state index contributed by atoms with van der Waals surface area (Å²) in [7, 11) is 0. The minimum absolute atomic E-state index is 0.0138. The Morgan fingerprint density at radius 3 is 3.00 bits per heavy atom. The van der Waals surface area contributed by atoms with E-state index in [0.717, 1.165) is 22.8 Å². The van der Waals surface area contributed by atoms with Crippen molar-refractivity contribution in [3.63, 3.8) is 0 Å². The third-order valence-electron chi connectivity index (χ3n) is 2.65. The van der Waals surface area contributed by atoms with Crippen molar-refractivity contribution in [2.24, 2.45) is 0 Å². The van der Waals surface area contributed by atoms with E-state index in [9.17, 15) is 4.79 Å². The highest BCUT2D eigenvalue weighted by Gasteiger charge is 2.20. The van der Waals surface area contributed by atoms with E-state index >= 15 is 0 Å². The highest BCUT2D eigenvalue weighted by atomic mass is 79.9. The van der Waals surface area contributed by atoms with Crippen LogP contribution in [0.15, 0.2) is 27.3 Å². The van der Waals surface area contributed by atoms with Gasteiger partial charge in [0.25, 0.3) is 0 Å². The van der Waals surface area contributed by atoms with Crippen LogP contribution in [-0.2, 0) is 12.2 Å². The molecule has 0 saturated heterocycles. The van der Waals surface area contributed by atoms with E-state index in [0.29, 0.717) is 10.4 Å². The van der Waals surface area contributed by atoms with Gasteiger partial charge in [0, 0.05) is 10.6 Å². The molecular formula is C12H9BrO2S2. The van der Waals surface area contributed by atoms with Crippen molar-refractivity contribution in [3.05, 3.63) is 43.9 Å². The van der Waals surface area contributed by atoms with Gasteiger partial charge < -0.3 is 4.42 Å². The topological polar surface area (TPSA) is 30.2 Å². The van der Waals surface area contributed by atoms with Gasteiger partial charge in [-0.25, -0.2) is 0 Å². The Hall–Kier alpha value is -0.520. The monoisotopic (exact) mass is 328 g/mol. The van der Waals surface area contributed by atoms with E-state index in [1.807, 2.05) is 17.8 Å². The Bertz CT molecular complexity index is 547. The van der Waals surface area contributed by atoms with Gasteiger partial charge in [-0.2, -0.15) is 11.8 Å². The predicted octanol–water partition coefficient (Wildman–Crippen LogP) is 4.12. The first kappa shape index (κ1) is 11.6. The summed E-state index contributed by atoms with van der Waals surface area (Å²) < 4.78 is 5.90. The van der Waals surface area contributed by atoms with E-state index in [2.05, 4.69) is 15.9 Å². The van der Waals surface area contributed by atoms with Crippen LogP contribution in [0.2, 0.25) is 0 Å². The number of furan rings is 1. The van der Waals surface area contributed by atoms with Gasteiger partial charge in [-0.05, 0) is 51.9 Å². The number of fused-ring (bicyclic) bond motifs is 1. The zero-order valence-corrected chi connectivity index (χ0v) is 12.1. The average Bonchev–Trinajstić information content (AvgIpc) is 2.93. The quantitative estimate of drug-likeness (QED) is 0.776. The Balaban J connectivity index is 1.94. The fourth-order valence-corrected chi connectivity index (χ4v) is 4.44. The molecule has 0 aromatic carbocycles. The van der Waals surface area contributed by atoms with Crippen LogP contribution < -0.4 is 0 Å². The molecule has 0 unspecified atom stereocenters. The van der Waals surface area contributed by atoms with Gasteiger partial charge in [0.15, 0.2) is 10.4 Å². The fraction of sp³-hybridized carbons (Fsp3) is 0.250. The smallest absolute Gasteiger partial charge is 0.238 e. The van der Waals surface area contributed by atoms with Gasteiger partial charge >= 0.3 is 0 Å². The summed E-state index contributed by atoms with van der Waals surface area (Å²) in [6.45, 7) is 0. The van der Waals surface area contributed by atoms with E-state index in [1.54, 1.807) is 23.5 Å². The molecule has 5 heteroatoms. The molecule has 3 heterocycles. The van der Waals surface area contributed by atoms with E-state index in [4.69, 9.17) is 4.42 Å². The van der Waals surface area contributed by atoms with Gasteiger partial charge in [-0.1, -0.05) is 0 Å². The summed E-state index contributed by atoms with van der Waals surface area (Å²) in [5.74, 6) is 2.58. The van der Waals surface area contributed by atoms with E-state index < -0.39 is 0 Å². The maximum Gasteiger partial charge on any atom is 0.238 e. The second kappa shape index (κ2) is 4.63. The van der Waals surface area contributed by atoms with Crippen molar-refractivity contribution in [1.82, 2.24) is 0 Å². The largest absolute Gasteiger partial charge is 0.446 e. The van der Waals surface area contributed by atoms with Crippen LogP contribution in [0.4, 0.5) is 0 Å². The van der Waals surface area contributed by atoms with Crippen molar-refractivity contribution in [2.45, 2.75) is 12.2 Å². The first-order chi connectivity index (χ1) is 8.24. The van der Waals surface area contributed by atoms with Gasteiger partial charge in [0.2, 0.25) is 5.78 Å². The lowest BCUT2D eigenvalue weighted by molar-refractivity contribution is 0.101. The zero-order chi connectivity index (χ0) is 11.8. The number of thiophene rings is 1. The maximum atomic E-state index is 12.2. The van der Waals surface area contributed by atoms with Gasteiger partial charge in [-0.15, -0.1) is 11.3 Å². The van der Waals surface area contributed by atoms with Crippen LogP contribution in [0, 0.1) is 0 Å². The first-order valence-electron chi connectivity index (χ1n) is 5.23. The second-order valence-corrected chi connectivity index (χ2v) is 6.82. The standard InChI is InChI=1S/C12H9BrO2S2/c13-11-2-1-8(15-11)12(14)10-5-7-6-16-4-3-9(7)17-10/h1-2,5H,3-4,6H2. The first-order valence-corrected chi connectivity index (χ1v) is 8.00. The van der Waals surface area contributed by atoms with Gasteiger partial charge in [0.1, 0.15) is 0 Å². The number of carbonyl (C=O) groups excluding carboxylic acids is 1. The van der Waals surface area contributed by atoms with Crippen LogP contribution in [-0.4, -0.2) is 11.5 Å². The molecule has 0 saturated carbocycles. The summed E-state index contributed by atoms with van der Waals surface area (Å²) in [4.78, 5) is 14.3. The molecular weight excluding hydrogens is 320 g/mol. The van der Waals surface area contributed by atoms with Crippen molar-refractivity contribution >= 4 is 44.8 Å². The number of carbonyl (C=O) groups is 1. The third kappa shape index (κ3) is 2.23. The minimum atomic E-state index is -0.0138. The number of ketones is 1. The summed E-state index contributed by atoms with van der Waals surface area (Å²) in [5.41, 5.74) is 1.32.